The number of anilines is 1. The zero-order valence-electron chi connectivity index (χ0n) is 12.6. The van der Waals surface area contributed by atoms with Crippen LogP contribution in [0.5, 0.6) is 0 Å². The molecule has 1 aromatic rings. The molecule has 0 aliphatic carbocycles. The standard InChI is InChI=1S/C17H19N3O2/c1-3-16(21)20-8-6-13(7-9-20)17(22)19-15-5-4-12(2)14(10-15)11-18/h3-5,10,13H,1,6-9H2,2H3,(H,19,22). The SMILES string of the molecule is C=CC(=O)N1CCC(C(=O)Nc2ccc(C)c(C#N)c2)CC1. The van der Waals surface area contributed by atoms with E-state index in [1.807, 2.05) is 13.0 Å². The highest BCUT2D eigenvalue weighted by Crippen LogP contribution is 2.21. The normalized spacial score (nSPS) is 15.0. The first-order valence-corrected chi connectivity index (χ1v) is 7.28. The van der Waals surface area contributed by atoms with Crippen molar-refractivity contribution in [1.82, 2.24) is 4.90 Å². The molecule has 1 fully saturated rings. The summed E-state index contributed by atoms with van der Waals surface area (Å²) < 4.78 is 0. The fraction of sp³-hybridized carbons (Fsp3) is 0.353. The van der Waals surface area contributed by atoms with E-state index >= 15 is 0 Å². The Bertz CT molecular complexity index is 638. The van der Waals surface area contributed by atoms with E-state index in [1.165, 1.54) is 6.08 Å². The van der Waals surface area contributed by atoms with Gasteiger partial charge in [-0.15, -0.1) is 0 Å². The highest BCUT2D eigenvalue weighted by Gasteiger charge is 2.26. The second-order valence-electron chi connectivity index (χ2n) is 5.43. The van der Waals surface area contributed by atoms with Crippen LogP contribution >= 0.6 is 0 Å². The van der Waals surface area contributed by atoms with Crippen LogP contribution in [0.4, 0.5) is 5.69 Å². The Morgan fingerprint density at radius 2 is 2.09 bits per heavy atom. The average Bonchev–Trinajstić information content (AvgIpc) is 2.55. The Balaban J connectivity index is 1.95. The molecule has 0 bridgehead atoms. The number of aryl methyl sites for hydroxylation is 1. The summed E-state index contributed by atoms with van der Waals surface area (Å²) in [6, 6.07) is 7.41. The molecule has 0 saturated carbocycles. The lowest BCUT2D eigenvalue weighted by molar-refractivity contribution is -0.130. The van der Waals surface area contributed by atoms with E-state index in [2.05, 4.69) is 18.0 Å². The van der Waals surface area contributed by atoms with Crippen molar-refractivity contribution in [3.05, 3.63) is 42.0 Å². The Kier molecular flexibility index (Phi) is 4.95. The number of carbonyl (C=O) groups is 2. The third-order valence-corrected chi connectivity index (χ3v) is 3.98. The minimum Gasteiger partial charge on any atom is -0.339 e. The number of piperidine rings is 1. The van der Waals surface area contributed by atoms with Crippen molar-refractivity contribution >= 4 is 17.5 Å². The molecule has 2 amide bonds. The lowest BCUT2D eigenvalue weighted by atomic mass is 9.95. The minimum absolute atomic E-state index is 0.0570. The fourth-order valence-electron chi connectivity index (χ4n) is 2.56. The zero-order valence-corrected chi connectivity index (χ0v) is 12.6. The summed E-state index contributed by atoms with van der Waals surface area (Å²) in [4.78, 5) is 25.5. The van der Waals surface area contributed by atoms with Gasteiger partial charge in [-0.1, -0.05) is 12.6 Å². The number of nitriles is 1. The average molecular weight is 297 g/mol. The predicted molar refractivity (Wildman–Crippen MR) is 84.0 cm³/mol. The van der Waals surface area contributed by atoms with Crippen molar-refractivity contribution in [1.29, 1.82) is 5.26 Å². The number of rotatable bonds is 3. The minimum atomic E-state index is -0.110. The van der Waals surface area contributed by atoms with Gasteiger partial charge in [0.05, 0.1) is 11.6 Å². The summed E-state index contributed by atoms with van der Waals surface area (Å²) in [6.45, 7) is 6.47. The van der Waals surface area contributed by atoms with Gasteiger partial charge in [0.15, 0.2) is 0 Å². The number of amides is 2. The van der Waals surface area contributed by atoms with E-state index in [0.717, 1.165) is 5.56 Å². The van der Waals surface area contributed by atoms with E-state index in [0.29, 0.717) is 37.2 Å². The number of likely N-dealkylation sites (tertiary alicyclic amines) is 1. The summed E-state index contributed by atoms with van der Waals surface area (Å²) in [5, 5.41) is 11.9. The molecular weight excluding hydrogens is 278 g/mol. The number of carbonyl (C=O) groups excluding carboxylic acids is 2. The number of hydrogen-bond donors (Lipinski definition) is 1. The maximum absolute atomic E-state index is 12.3. The molecule has 0 spiro atoms. The van der Waals surface area contributed by atoms with Gasteiger partial charge in [-0.05, 0) is 43.5 Å². The van der Waals surface area contributed by atoms with Crippen LogP contribution in [-0.2, 0) is 9.59 Å². The molecule has 1 aliphatic heterocycles. The molecule has 1 saturated heterocycles. The van der Waals surface area contributed by atoms with Gasteiger partial charge < -0.3 is 10.2 Å². The van der Waals surface area contributed by atoms with E-state index < -0.39 is 0 Å². The van der Waals surface area contributed by atoms with Crippen LogP contribution in [-0.4, -0.2) is 29.8 Å². The molecule has 0 atom stereocenters. The Morgan fingerprint density at radius 3 is 2.68 bits per heavy atom. The lowest BCUT2D eigenvalue weighted by Gasteiger charge is -2.30. The van der Waals surface area contributed by atoms with Gasteiger partial charge in [-0.2, -0.15) is 5.26 Å². The van der Waals surface area contributed by atoms with Crippen molar-refractivity contribution in [2.24, 2.45) is 5.92 Å². The number of nitrogens with zero attached hydrogens (tertiary/aromatic N) is 2. The van der Waals surface area contributed by atoms with Crippen molar-refractivity contribution < 1.29 is 9.59 Å². The van der Waals surface area contributed by atoms with Crippen molar-refractivity contribution in [3.63, 3.8) is 0 Å². The van der Waals surface area contributed by atoms with Crippen LogP contribution < -0.4 is 5.32 Å². The second-order valence-corrected chi connectivity index (χ2v) is 5.43. The fourth-order valence-corrected chi connectivity index (χ4v) is 2.56. The number of hydrogen-bond acceptors (Lipinski definition) is 3. The Hall–Kier alpha value is -2.61. The highest BCUT2D eigenvalue weighted by molar-refractivity contribution is 5.93. The zero-order chi connectivity index (χ0) is 16.1. The molecule has 1 heterocycles. The van der Waals surface area contributed by atoms with Crippen molar-refractivity contribution in [3.8, 4) is 6.07 Å². The summed E-state index contributed by atoms with van der Waals surface area (Å²) >= 11 is 0. The molecule has 1 aromatic carbocycles. The van der Waals surface area contributed by atoms with Gasteiger partial charge in [0.1, 0.15) is 0 Å². The van der Waals surface area contributed by atoms with Gasteiger partial charge in [0, 0.05) is 24.7 Å². The van der Waals surface area contributed by atoms with Crippen LogP contribution in [0.15, 0.2) is 30.9 Å². The van der Waals surface area contributed by atoms with Gasteiger partial charge in [0.25, 0.3) is 0 Å². The van der Waals surface area contributed by atoms with Crippen LogP contribution in [0.25, 0.3) is 0 Å². The Labute approximate surface area is 130 Å². The van der Waals surface area contributed by atoms with Crippen LogP contribution in [0, 0.1) is 24.2 Å². The molecule has 0 unspecified atom stereocenters. The van der Waals surface area contributed by atoms with Crippen molar-refractivity contribution in [2.75, 3.05) is 18.4 Å². The van der Waals surface area contributed by atoms with Crippen LogP contribution in [0.2, 0.25) is 0 Å². The predicted octanol–water partition coefficient (Wildman–Crippen LogP) is 2.23. The molecule has 1 N–H and O–H groups in total. The van der Waals surface area contributed by atoms with Gasteiger partial charge >= 0.3 is 0 Å². The maximum Gasteiger partial charge on any atom is 0.245 e. The summed E-state index contributed by atoms with van der Waals surface area (Å²) in [7, 11) is 0. The molecule has 0 radical (unpaired) electrons. The van der Waals surface area contributed by atoms with E-state index in [9.17, 15) is 9.59 Å². The van der Waals surface area contributed by atoms with Crippen LogP contribution in [0.1, 0.15) is 24.0 Å². The van der Waals surface area contributed by atoms with Crippen LogP contribution in [0.3, 0.4) is 0 Å². The number of nitrogens with one attached hydrogen (secondary N) is 1. The molecule has 1 aliphatic rings. The second kappa shape index (κ2) is 6.90. The smallest absolute Gasteiger partial charge is 0.245 e. The lowest BCUT2D eigenvalue weighted by Crippen LogP contribution is -2.40. The monoisotopic (exact) mass is 297 g/mol. The first-order chi connectivity index (χ1) is 10.5. The molecule has 2 rings (SSSR count). The number of benzene rings is 1. The van der Waals surface area contributed by atoms with E-state index in [4.69, 9.17) is 5.26 Å². The molecule has 0 aromatic heterocycles. The summed E-state index contributed by atoms with van der Waals surface area (Å²) in [6.07, 6.45) is 2.58. The third kappa shape index (κ3) is 3.53. The van der Waals surface area contributed by atoms with Crippen molar-refractivity contribution in [2.45, 2.75) is 19.8 Å². The van der Waals surface area contributed by atoms with Gasteiger partial charge in [-0.25, -0.2) is 0 Å². The largest absolute Gasteiger partial charge is 0.339 e. The first kappa shape index (κ1) is 15.8. The van der Waals surface area contributed by atoms with Gasteiger partial charge in [-0.3, -0.25) is 9.59 Å². The molecule has 5 nitrogen and oxygen atoms in total. The molecule has 22 heavy (non-hydrogen) atoms. The first-order valence-electron chi connectivity index (χ1n) is 7.28. The quantitative estimate of drug-likeness (QED) is 0.869. The highest BCUT2D eigenvalue weighted by atomic mass is 16.2. The molecular formula is C17H19N3O2. The maximum atomic E-state index is 12.3. The topological polar surface area (TPSA) is 73.2 Å². The summed E-state index contributed by atoms with van der Waals surface area (Å²) in [5.74, 6) is -0.254. The molecule has 5 heteroatoms. The van der Waals surface area contributed by atoms with Gasteiger partial charge in [0.2, 0.25) is 11.8 Å². The van der Waals surface area contributed by atoms with E-state index in [1.54, 1.807) is 17.0 Å². The van der Waals surface area contributed by atoms with E-state index in [-0.39, 0.29) is 17.7 Å². The third-order valence-electron chi connectivity index (χ3n) is 3.98. The Morgan fingerprint density at radius 1 is 1.41 bits per heavy atom. The summed E-state index contributed by atoms with van der Waals surface area (Å²) in [5.41, 5.74) is 2.08. The molecule has 114 valence electrons.